The van der Waals surface area contributed by atoms with Crippen molar-refractivity contribution in [1.29, 1.82) is 0 Å². The Hall–Kier alpha value is -0.900. The van der Waals surface area contributed by atoms with Gasteiger partial charge in [-0.3, -0.25) is 10.1 Å². The highest BCUT2D eigenvalue weighted by atomic mass is 35.5. The summed E-state index contributed by atoms with van der Waals surface area (Å²) in [6.45, 7) is 7.42. The van der Waals surface area contributed by atoms with Crippen LogP contribution in [0.4, 0.5) is 0 Å². The Morgan fingerprint density at radius 1 is 1.43 bits per heavy atom. The minimum atomic E-state index is -0.616. The van der Waals surface area contributed by atoms with Crippen molar-refractivity contribution in [2.75, 3.05) is 0 Å². The van der Waals surface area contributed by atoms with Gasteiger partial charge in [-0.05, 0) is 13.8 Å². The summed E-state index contributed by atoms with van der Waals surface area (Å²) in [5.74, 6) is 0. The Bertz CT molecular complexity index is 343. The first-order valence-corrected chi connectivity index (χ1v) is 4.68. The number of aliphatic imine (C=N–C) groups is 1. The second kappa shape index (κ2) is 3.05. The zero-order valence-corrected chi connectivity index (χ0v) is 9.42. The summed E-state index contributed by atoms with van der Waals surface area (Å²) in [6.07, 6.45) is 1.67. The van der Waals surface area contributed by atoms with Crippen LogP contribution in [0.2, 0.25) is 0 Å². The van der Waals surface area contributed by atoms with E-state index in [4.69, 9.17) is 11.6 Å². The zero-order chi connectivity index (χ0) is 11.1. The highest BCUT2D eigenvalue weighted by Crippen LogP contribution is 2.47. The Morgan fingerprint density at radius 3 is 2.29 bits per heavy atom. The lowest BCUT2D eigenvalue weighted by Crippen LogP contribution is -2.40. The van der Waals surface area contributed by atoms with Gasteiger partial charge in [0.05, 0.1) is 10.3 Å². The molecule has 0 aromatic heterocycles. The number of hydrogen-bond acceptors (Lipinski definition) is 3. The molecule has 0 N–H and O–H groups in total. The molecule has 0 spiro atoms. The van der Waals surface area contributed by atoms with Crippen LogP contribution in [0.5, 0.6) is 0 Å². The molecule has 1 heterocycles. The lowest BCUT2D eigenvalue weighted by Gasteiger charge is -2.38. The summed E-state index contributed by atoms with van der Waals surface area (Å²) >= 11 is 5.73. The molecule has 0 unspecified atom stereocenters. The quantitative estimate of drug-likeness (QED) is 0.385. The van der Waals surface area contributed by atoms with Crippen molar-refractivity contribution in [3.8, 4) is 0 Å². The van der Waals surface area contributed by atoms with E-state index in [1.807, 2.05) is 13.8 Å². The van der Waals surface area contributed by atoms with Gasteiger partial charge in [-0.15, -0.1) is 0 Å². The number of allylic oxidation sites excluding steroid dienone is 1. The third kappa shape index (κ3) is 1.43. The molecule has 0 aromatic rings. The Morgan fingerprint density at radius 2 is 1.93 bits per heavy atom. The zero-order valence-electron chi connectivity index (χ0n) is 8.67. The predicted octanol–water partition coefficient (Wildman–Crippen LogP) is 2.81. The molecule has 1 aliphatic rings. The van der Waals surface area contributed by atoms with Crippen molar-refractivity contribution < 1.29 is 4.92 Å². The molecule has 5 heteroatoms. The maximum Gasteiger partial charge on any atom is 0.289 e. The van der Waals surface area contributed by atoms with Gasteiger partial charge in [0.25, 0.3) is 5.70 Å². The van der Waals surface area contributed by atoms with Crippen molar-refractivity contribution in [3.05, 3.63) is 21.0 Å². The minimum Gasteiger partial charge on any atom is -0.258 e. The summed E-state index contributed by atoms with van der Waals surface area (Å²) in [5, 5.41) is 10.8. The van der Waals surface area contributed by atoms with E-state index in [2.05, 4.69) is 4.99 Å². The number of nitro groups is 1. The molecule has 0 atom stereocenters. The third-order valence-corrected chi connectivity index (χ3v) is 3.36. The number of rotatable bonds is 1. The van der Waals surface area contributed by atoms with Gasteiger partial charge in [0.2, 0.25) is 5.16 Å². The molecular formula is C9H13ClN2O2. The molecule has 1 rings (SSSR count). The van der Waals surface area contributed by atoms with Crippen LogP contribution in [-0.4, -0.2) is 11.1 Å². The number of halogens is 1. The molecule has 0 amide bonds. The van der Waals surface area contributed by atoms with Crippen LogP contribution in [0.25, 0.3) is 0 Å². The molecule has 0 saturated heterocycles. The van der Waals surface area contributed by atoms with Crippen LogP contribution in [-0.2, 0) is 0 Å². The van der Waals surface area contributed by atoms with E-state index in [-0.39, 0.29) is 16.3 Å². The van der Waals surface area contributed by atoms with Crippen molar-refractivity contribution in [2.24, 2.45) is 15.8 Å². The maximum atomic E-state index is 10.9. The fourth-order valence-corrected chi connectivity index (χ4v) is 1.66. The van der Waals surface area contributed by atoms with Gasteiger partial charge in [-0.1, -0.05) is 25.4 Å². The summed E-state index contributed by atoms with van der Waals surface area (Å²) in [7, 11) is 0. The van der Waals surface area contributed by atoms with Gasteiger partial charge >= 0.3 is 0 Å². The van der Waals surface area contributed by atoms with Crippen LogP contribution in [0.15, 0.2) is 15.8 Å². The molecule has 1 aliphatic heterocycles. The van der Waals surface area contributed by atoms with Crippen LogP contribution < -0.4 is 0 Å². The third-order valence-electron chi connectivity index (χ3n) is 3.08. The Labute approximate surface area is 87.8 Å². The summed E-state index contributed by atoms with van der Waals surface area (Å²) < 4.78 is 0. The van der Waals surface area contributed by atoms with Gasteiger partial charge < -0.3 is 0 Å². The van der Waals surface area contributed by atoms with E-state index in [9.17, 15) is 10.1 Å². The van der Waals surface area contributed by atoms with Crippen LogP contribution >= 0.6 is 11.6 Å². The lowest BCUT2D eigenvalue weighted by molar-refractivity contribution is -0.443. The Kier molecular flexibility index (Phi) is 2.44. The smallest absolute Gasteiger partial charge is 0.258 e. The molecule has 0 saturated carbocycles. The molecule has 4 nitrogen and oxygen atoms in total. The summed E-state index contributed by atoms with van der Waals surface area (Å²) in [5.41, 5.74) is -0.991. The largest absolute Gasteiger partial charge is 0.289 e. The second-order valence-electron chi connectivity index (χ2n) is 4.50. The summed E-state index contributed by atoms with van der Waals surface area (Å²) in [6, 6.07) is 0. The van der Waals surface area contributed by atoms with Gasteiger partial charge in [-0.2, -0.15) is 0 Å². The van der Waals surface area contributed by atoms with Crippen LogP contribution in [0, 0.1) is 20.9 Å². The number of nitrogens with zero attached hydrogens (tertiary/aromatic N) is 2. The van der Waals surface area contributed by atoms with E-state index in [1.54, 1.807) is 20.1 Å². The van der Waals surface area contributed by atoms with Crippen molar-refractivity contribution in [3.63, 3.8) is 0 Å². The SMILES string of the molecule is CC1(C)C=NC(Cl)=C([N+](=O)[O-])C1(C)C. The van der Waals surface area contributed by atoms with Gasteiger partial charge in [-0.25, -0.2) is 4.99 Å². The molecule has 0 bridgehead atoms. The van der Waals surface area contributed by atoms with Gasteiger partial charge in [0.1, 0.15) is 0 Å². The highest BCUT2D eigenvalue weighted by Gasteiger charge is 2.49. The van der Waals surface area contributed by atoms with Crippen LogP contribution in [0.3, 0.4) is 0 Å². The van der Waals surface area contributed by atoms with E-state index in [0.717, 1.165) is 0 Å². The van der Waals surface area contributed by atoms with Gasteiger partial charge in [0, 0.05) is 11.6 Å². The van der Waals surface area contributed by atoms with E-state index in [1.165, 1.54) is 0 Å². The van der Waals surface area contributed by atoms with Crippen molar-refractivity contribution >= 4 is 17.8 Å². The first kappa shape index (κ1) is 11.2. The fourth-order valence-electron chi connectivity index (χ4n) is 1.31. The van der Waals surface area contributed by atoms with Crippen molar-refractivity contribution in [1.82, 2.24) is 0 Å². The highest BCUT2D eigenvalue weighted by molar-refractivity contribution is 6.30. The maximum absolute atomic E-state index is 10.9. The van der Waals surface area contributed by atoms with E-state index in [0.29, 0.717) is 0 Å². The molecule has 0 aliphatic carbocycles. The molecule has 0 aromatic carbocycles. The molecule has 78 valence electrons. The predicted molar refractivity (Wildman–Crippen MR) is 55.9 cm³/mol. The fraction of sp³-hybridized carbons (Fsp3) is 0.667. The summed E-state index contributed by atoms with van der Waals surface area (Å²) in [4.78, 5) is 14.3. The average molecular weight is 217 g/mol. The monoisotopic (exact) mass is 216 g/mol. The standard InChI is InChI=1S/C9H13ClN2O2/c1-8(2)5-11-7(10)6(12(13)14)9(8,3)4/h5H,1-4H3. The first-order valence-electron chi connectivity index (χ1n) is 4.30. The van der Waals surface area contributed by atoms with E-state index < -0.39 is 10.3 Å². The Balaban J connectivity index is 3.36. The van der Waals surface area contributed by atoms with Gasteiger partial charge in [0.15, 0.2) is 0 Å². The van der Waals surface area contributed by atoms with Crippen LogP contribution in [0.1, 0.15) is 27.7 Å². The van der Waals surface area contributed by atoms with Crippen molar-refractivity contribution in [2.45, 2.75) is 27.7 Å². The lowest BCUT2D eigenvalue weighted by atomic mass is 9.66. The van der Waals surface area contributed by atoms with E-state index >= 15 is 0 Å². The molecule has 14 heavy (non-hydrogen) atoms. The molecule has 0 fully saturated rings. The first-order chi connectivity index (χ1) is 6.20. The molecule has 0 radical (unpaired) electrons. The average Bonchev–Trinajstić information content (AvgIpc) is 1.97. The molecular weight excluding hydrogens is 204 g/mol. The normalized spacial score (nSPS) is 23.8. The minimum absolute atomic E-state index is 0.00772. The topological polar surface area (TPSA) is 55.5 Å². The second-order valence-corrected chi connectivity index (χ2v) is 4.86. The number of hydrogen-bond donors (Lipinski definition) is 0.